The Balaban J connectivity index is 2.40. The highest BCUT2D eigenvalue weighted by atomic mass is 32.2. The van der Waals surface area contributed by atoms with Gasteiger partial charge >= 0.3 is 5.97 Å². The van der Waals surface area contributed by atoms with E-state index in [1.165, 1.54) is 0 Å². The normalized spacial score (nSPS) is 22.0. The molecule has 0 radical (unpaired) electrons. The molecule has 1 unspecified atom stereocenters. The van der Waals surface area contributed by atoms with E-state index in [9.17, 15) is 4.79 Å². The van der Waals surface area contributed by atoms with Gasteiger partial charge in [0.2, 0.25) is 0 Å². The Hall–Kier alpha value is -0.260. The molecule has 1 N–H and O–H groups in total. The summed E-state index contributed by atoms with van der Waals surface area (Å²) in [6.07, 6.45) is 3.25. The van der Waals surface area contributed by atoms with Crippen LogP contribution in [0.2, 0.25) is 0 Å². The zero-order chi connectivity index (χ0) is 11.8. The first-order valence-corrected chi connectivity index (χ1v) is 7.29. The molecule has 1 aliphatic heterocycles. The first-order valence-electron chi connectivity index (χ1n) is 5.90. The third-order valence-electron chi connectivity index (χ3n) is 2.71. The van der Waals surface area contributed by atoms with E-state index in [1.807, 2.05) is 18.7 Å². The van der Waals surface area contributed by atoms with Crippen molar-refractivity contribution in [3.8, 4) is 0 Å². The number of nitrogens with zero attached hydrogens (tertiary/aromatic N) is 1. The summed E-state index contributed by atoms with van der Waals surface area (Å²) in [5, 5.41) is 3.25. The minimum absolute atomic E-state index is 0.0844. The molecular weight excluding hydrogens is 224 g/mol. The van der Waals surface area contributed by atoms with Crippen LogP contribution in [0.1, 0.15) is 13.3 Å². The summed E-state index contributed by atoms with van der Waals surface area (Å²) >= 11 is 1.85. The molecule has 1 heterocycles. The highest BCUT2D eigenvalue weighted by Crippen LogP contribution is 2.07. The maximum Gasteiger partial charge on any atom is 0.324 e. The van der Waals surface area contributed by atoms with Crippen LogP contribution in [0.5, 0.6) is 0 Å². The van der Waals surface area contributed by atoms with Gasteiger partial charge in [-0.25, -0.2) is 0 Å². The Labute approximate surface area is 102 Å². The maximum absolute atomic E-state index is 11.7. The summed E-state index contributed by atoms with van der Waals surface area (Å²) in [4.78, 5) is 14.0. The van der Waals surface area contributed by atoms with Crippen molar-refractivity contribution in [3.05, 3.63) is 0 Å². The van der Waals surface area contributed by atoms with E-state index in [1.54, 1.807) is 0 Å². The maximum atomic E-state index is 11.7. The summed E-state index contributed by atoms with van der Waals surface area (Å²) in [6, 6.07) is -0.0874. The van der Waals surface area contributed by atoms with Crippen LogP contribution in [0.3, 0.4) is 0 Å². The Kier molecular flexibility index (Phi) is 6.84. The van der Waals surface area contributed by atoms with Crippen LogP contribution in [0.15, 0.2) is 0 Å². The smallest absolute Gasteiger partial charge is 0.324 e. The van der Waals surface area contributed by atoms with Gasteiger partial charge in [0.1, 0.15) is 6.04 Å². The number of hydrogen-bond donors (Lipinski definition) is 1. The van der Waals surface area contributed by atoms with Gasteiger partial charge in [0.05, 0.1) is 6.61 Å². The molecule has 0 saturated carbocycles. The summed E-state index contributed by atoms with van der Waals surface area (Å²) in [5.41, 5.74) is 0. The van der Waals surface area contributed by atoms with E-state index in [0.29, 0.717) is 6.61 Å². The Morgan fingerprint density at radius 1 is 1.62 bits per heavy atom. The van der Waals surface area contributed by atoms with Gasteiger partial charge in [0, 0.05) is 19.6 Å². The van der Waals surface area contributed by atoms with Gasteiger partial charge in [0.15, 0.2) is 0 Å². The molecule has 94 valence electrons. The van der Waals surface area contributed by atoms with E-state index in [2.05, 4.69) is 16.5 Å². The Morgan fingerprint density at radius 2 is 2.44 bits per heavy atom. The minimum Gasteiger partial charge on any atom is -0.465 e. The van der Waals surface area contributed by atoms with Crippen molar-refractivity contribution in [1.29, 1.82) is 0 Å². The number of ether oxygens (including phenoxy) is 1. The first kappa shape index (κ1) is 13.8. The lowest BCUT2D eigenvalue weighted by molar-refractivity contribution is -0.150. The van der Waals surface area contributed by atoms with E-state index >= 15 is 0 Å². The van der Waals surface area contributed by atoms with Crippen molar-refractivity contribution in [3.63, 3.8) is 0 Å². The van der Waals surface area contributed by atoms with Crippen LogP contribution in [-0.4, -0.2) is 61.7 Å². The highest BCUT2D eigenvalue weighted by Gasteiger charge is 2.28. The lowest BCUT2D eigenvalue weighted by Crippen LogP contribution is -2.55. The van der Waals surface area contributed by atoms with E-state index < -0.39 is 0 Å². The standard InChI is InChI=1S/C11H22N2O2S/c1-3-15-11(14)10-9-12-5-7-13(10)6-4-8-16-2/h10,12H,3-9H2,1-2H3. The van der Waals surface area contributed by atoms with Crippen LogP contribution >= 0.6 is 11.8 Å². The molecule has 1 atom stereocenters. The number of nitrogens with one attached hydrogen (secondary N) is 1. The molecular formula is C11H22N2O2S. The SMILES string of the molecule is CCOC(=O)C1CNCCN1CCCSC. The van der Waals surface area contributed by atoms with Crippen molar-refractivity contribution in [2.45, 2.75) is 19.4 Å². The fraction of sp³-hybridized carbons (Fsp3) is 0.909. The lowest BCUT2D eigenvalue weighted by Gasteiger charge is -2.34. The van der Waals surface area contributed by atoms with Crippen molar-refractivity contribution >= 4 is 17.7 Å². The van der Waals surface area contributed by atoms with E-state index in [0.717, 1.165) is 38.4 Å². The molecule has 0 aromatic carbocycles. The summed E-state index contributed by atoms with van der Waals surface area (Å²) < 4.78 is 5.09. The molecule has 5 heteroatoms. The third-order valence-corrected chi connectivity index (χ3v) is 3.40. The Bertz CT molecular complexity index is 214. The summed E-state index contributed by atoms with van der Waals surface area (Å²) in [6.45, 7) is 5.94. The molecule has 1 fully saturated rings. The fourth-order valence-corrected chi connectivity index (χ4v) is 2.31. The van der Waals surface area contributed by atoms with Gasteiger partial charge < -0.3 is 10.1 Å². The predicted octanol–water partition coefficient (Wildman–Crippen LogP) is 0.576. The van der Waals surface area contributed by atoms with Crippen molar-refractivity contribution < 1.29 is 9.53 Å². The van der Waals surface area contributed by atoms with Crippen LogP contribution < -0.4 is 5.32 Å². The predicted molar refractivity (Wildman–Crippen MR) is 67.9 cm³/mol. The zero-order valence-corrected chi connectivity index (χ0v) is 11.0. The lowest BCUT2D eigenvalue weighted by atomic mass is 10.2. The number of rotatable bonds is 6. The van der Waals surface area contributed by atoms with Crippen molar-refractivity contribution in [1.82, 2.24) is 10.2 Å². The molecule has 4 nitrogen and oxygen atoms in total. The van der Waals surface area contributed by atoms with Gasteiger partial charge in [-0.15, -0.1) is 0 Å². The molecule has 1 saturated heterocycles. The molecule has 0 aliphatic carbocycles. The fourth-order valence-electron chi connectivity index (χ4n) is 1.90. The van der Waals surface area contributed by atoms with Crippen LogP contribution in [0, 0.1) is 0 Å². The topological polar surface area (TPSA) is 41.6 Å². The Morgan fingerprint density at radius 3 is 3.12 bits per heavy atom. The number of thioether (sulfide) groups is 1. The minimum atomic E-state index is -0.0874. The van der Waals surface area contributed by atoms with E-state index in [4.69, 9.17) is 4.74 Å². The first-order chi connectivity index (χ1) is 7.79. The molecule has 0 spiro atoms. The molecule has 1 aliphatic rings. The molecule has 16 heavy (non-hydrogen) atoms. The molecule has 0 bridgehead atoms. The third kappa shape index (κ3) is 4.31. The largest absolute Gasteiger partial charge is 0.465 e. The number of esters is 1. The average Bonchev–Trinajstić information content (AvgIpc) is 2.30. The molecule has 0 aromatic heterocycles. The number of piperazine rings is 1. The van der Waals surface area contributed by atoms with Crippen LogP contribution in [0.25, 0.3) is 0 Å². The molecule has 0 aromatic rings. The van der Waals surface area contributed by atoms with Crippen molar-refractivity contribution in [2.24, 2.45) is 0 Å². The van der Waals surface area contributed by atoms with Gasteiger partial charge in [-0.3, -0.25) is 9.69 Å². The van der Waals surface area contributed by atoms with E-state index in [-0.39, 0.29) is 12.0 Å². The number of carbonyl (C=O) groups is 1. The van der Waals surface area contributed by atoms with Gasteiger partial charge in [-0.05, 0) is 31.9 Å². The average molecular weight is 246 g/mol. The van der Waals surface area contributed by atoms with Gasteiger partial charge in [-0.2, -0.15) is 11.8 Å². The second kappa shape index (κ2) is 7.92. The molecule has 0 amide bonds. The monoisotopic (exact) mass is 246 g/mol. The summed E-state index contributed by atoms with van der Waals surface area (Å²) in [7, 11) is 0. The highest BCUT2D eigenvalue weighted by molar-refractivity contribution is 7.98. The number of hydrogen-bond acceptors (Lipinski definition) is 5. The van der Waals surface area contributed by atoms with Crippen LogP contribution in [0.4, 0.5) is 0 Å². The van der Waals surface area contributed by atoms with Gasteiger partial charge in [-0.1, -0.05) is 0 Å². The summed E-state index contributed by atoms with van der Waals surface area (Å²) in [5.74, 6) is 1.07. The zero-order valence-electron chi connectivity index (χ0n) is 10.2. The second-order valence-electron chi connectivity index (χ2n) is 3.85. The number of carbonyl (C=O) groups excluding carboxylic acids is 1. The second-order valence-corrected chi connectivity index (χ2v) is 4.84. The van der Waals surface area contributed by atoms with Crippen molar-refractivity contribution in [2.75, 3.05) is 44.8 Å². The van der Waals surface area contributed by atoms with Gasteiger partial charge in [0.25, 0.3) is 0 Å². The molecule has 1 rings (SSSR count). The van der Waals surface area contributed by atoms with Crippen LogP contribution in [-0.2, 0) is 9.53 Å². The quantitative estimate of drug-likeness (QED) is 0.548.